The number of unbranched alkanes of at least 4 members (excludes halogenated alkanes) is 3. The molecule has 0 saturated heterocycles. The second-order valence-electron chi connectivity index (χ2n) is 3.70. The van der Waals surface area contributed by atoms with Crippen molar-refractivity contribution in [1.82, 2.24) is 9.55 Å². The van der Waals surface area contributed by atoms with Crippen molar-refractivity contribution in [3.8, 4) is 0 Å². The van der Waals surface area contributed by atoms with E-state index in [4.69, 9.17) is 0 Å². The van der Waals surface area contributed by atoms with Gasteiger partial charge in [0.05, 0.1) is 15.6 Å². The van der Waals surface area contributed by atoms with Crippen molar-refractivity contribution in [2.45, 2.75) is 46.1 Å². The van der Waals surface area contributed by atoms with Crippen LogP contribution in [0.5, 0.6) is 0 Å². The maximum absolute atomic E-state index is 11.8. The molecule has 3 nitrogen and oxygen atoms in total. The van der Waals surface area contributed by atoms with E-state index >= 15 is 0 Å². The fourth-order valence-corrected chi connectivity index (χ4v) is 1.86. The molecule has 84 valence electrons. The topological polar surface area (TPSA) is 34.9 Å². The normalized spacial score (nSPS) is 10.6. The number of halogens is 1. The van der Waals surface area contributed by atoms with Gasteiger partial charge in [-0.1, -0.05) is 26.2 Å². The SMILES string of the molecule is CCCCCCn1cnc(C)c(I)c1=O. The second-order valence-corrected chi connectivity index (χ2v) is 4.78. The molecule has 1 rings (SSSR count). The fraction of sp³-hybridized carbons (Fsp3) is 0.636. The van der Waals surface area contributed by atoms with E-state index in [0.29, 0.717) is 0 Å². The molecule has 0 spiro atoms. The summed E-state index contributed by atoms with van der Waals surface area (Å²) in [7, 11) is 0. The molecule has 1 heterocycles. The Morgan fingerprint density at radius 1 is 1.40 bits per heavy atom. The first-order valence-corrected chi connectivity index (χ1v) is 6.46. The molecule has 1 aromatic rings. The largest absolute Gasteiger partial charge is 0.298 e. The van der Waals surface area contributed by atoms with Crippen LogP contribution in [0.2, 0.25) is 0 Å². The number of hydrogen-bond donors (Lipinski definition) is 0. The average molecular weight is 320 g/mol. The third kappa shape index (κ3) is 3.59. The molecule has 1 aromatic heterocycles. The van der Waals surface area contributed by atoms with Crippen molar-refractivity contribution in [2.24, 2.45) is 0 Å². The molecule has 0 atom stereocenters. The highest BCUT2D eigenvalue weighted by atomic mass is 127. The van der Waals surface area contributed by atoms with Crippen molar-refractivity contribution >= 4 is 22.6 Å². The van der Waals surface area contributed by atoms with E-state index in [1.165, 1.54) is 19.3 Å². The smallest absolute Gasteiger partial charge is 0.266 e. The quantitative estimate of drug-likeness (QED) is 0.618. The van der Waals surface area contributed by atoms with Crippen LogP contribution < -0.4 is 5.56 Å². The molecule has 15 heavy (non-hydrogen) atoms. The highest BCUT2D eigenvalue weighted by Gasteiger charge is 2.04. The predicted octanol–water partition coefficient (Wildman–Crippen LogP) is 2.74. The summed E-state index contributed by atoms with van der Waals surface area (Å²) < 4.78 is 2.45. The van der Waals surface area contributed by atoms with Crippen LogP contribution in [0.1, 0.15) is 38.3 Å². The Kier molecular flexibility index (Phi) is 5.28. The first-order chi connectivity index (χ1) is 7.16. The zero-order valence-electron chi connectivity index (χ0n) is 9.29. The van der Waals surface area contributed by atoms with Gasteiger partial charge in [0, 0.05) is 6.54 Å². The monoisotopic (exact) mass is 320 g/mol. The van der Waals surface area contributed by atoms with E-state index in [9.17, 15) is 4.79 Å². The highest BCUT2D eigenvalue weighted by molar-refractivity contribution is 14.1. The van der Waals surface area contributed by atoms with Crippen molar-refractivity contribution < 1.29 is 0 Å². The van der Waals surface area contributed by atoms with Crippen molar-refractivity contribution in [1.29, 1.82) is 0 Å². The maximum Gasteiger partial charge on any atom is 0.266 e. The van der Waals surface area contributed by atoms with Gasteiger partial charge >= 0.3 is 0 Å². The minimum Gasteiger partial charge on any atom is -0.298 e. The molecular formula is C11H17IN2O. The van der Waals surface area contributed by atoms with Crippen LogP contribution in [0.3, 0.4) is 0 Å². The summed E-state index contributed by atoms with van der Waals surface area (Å²) in [4.78, 5) is 16.0. The Bertz CT molecular complexity index is 373. The van der Waals surface area contributed by atoms with Gasteiger partial charge in [-0.25, -0.2) is 4.98 Å². The van der Waals surface area contributed by atoms with E-state index in [1.54, 1.807) is 10.9 Å². The molecule has 0 aromatic carbocycles. The zero-order chi connectivity index (χ0) is 11.3. The van der Waals surface area contributed by atoms with Gasteiger partial charge in [0.1, 0.15) is 0 Å². The van der Waals surface area contributed by atoms with E-state index in [0.717, 1.165) is 22.2 Å². The lowest BCUT2D eigenvalue weighted by molar-refractivity contribution is 0.561. The fourth-order valence-electron chi connectivity index (χ4n) is 1.41. The summed E-state index contributed by atoms with van der Waals surface area (Å²) in [5.41, 5.74) is 0.921. The van der Waals surface area contributed by atoms with Gasteiger partial charge in [-0.15, -0.1) is 0 Å². The molecule has 0 radical (unpaired) electrons. The number of rotatable bonds is 5. The summed E-state index contributed by atoms with van der Waals surface area (Å²) in [5.74, 6) is 0. The second kappa shape index (κ2) is 6.25. The molecule has 0 amide bonds. The van der Waals surface area contributed by atoms with Gasteiger partial charge in [0.2, 0.25) is 0 Å². The predicted molar refractivity (Wildman–Crippen MR) is 70.1 cm³/mol. The minimum atomic E-state index is 0.0969. The van der Waals surface area contributed by atoms with Crippen molar-refractivity contribution in [3.05, 3.63) is 25.9 Å². The van der Waals surface area contributed by atoms with Crippen LogP contribution in [-0.4, -0.2) is 9.55 Å². The lowest BCUT2D eigenvalue weighted by Crippen LogP contribution is -2.24. The molecule has 4 heteroatoms. The molecule has 0 saturated carbocycles. The molecular weight excluding hydrogens is 303 g/mol. The van der Waals surface area contributed by atoms with Gasteiger partial charge in [-0.3, -0.25) is 9.36 Å². The van der Waals surface area contributed by atoms with Crippen LogP contribution >= 0.6 is 22.6 Å². The van der Waals surface area contributed by atoms with Gasteiger partial charge in [0.15, 0.2) is 0 Å². The van der Waals surface area contributed by atoms with Gasteiger partial charge in [-0.05, 0) is 35.9 Å². The number of aromatic nitrogens is 2. The van der Waals surface area contributed by atoms with Crippen LogP contribution in [0.25, 0.3) is 0 Å². The van der Waals surface area contributed by atoms with Gasteiger partial charge in [-0.2, -0.15) is 0 Å². The summed E-state index contributed by atoms with van der Waals surface area (Å²) in [6, 6.07) is 0. The Balaban J connectivity index is 2.63. The standard InChI is InChI=1S/C11H17IN2O/c1-3-4-5-6-7-14-8-13-9(2)10(12)11(14)15/h8H,3-7H2,1-2H3. The molecule has 0 aliphatic heterocycles. The molecule has 0 aliphatic carbocycles. The summed E-state index contributed by atoms with van der Waals surface area (Å²) in [5, 5.41) is 0. The first-order valence-electron chi connectivity index (χ1n) is 5.38. The van der Waals surface area contributed by atoms with E-state index < -0.39 is 0 Å². The molecule has 0 unspecified atom stereocenters. The third-order valence-corrected chi connectivity index (χ3v) is 3.65. The van der Waals surface area contributed by atoms with E-state index in [2.05, 4.69) is 34.5 Å². The van der Waals surface area contributed by atoms with E-state index in [-0.39, 0.29) is 5.56 Å². The highest BCUT2D eigenvalue weighted by Crippen LogP contribution is 2.03. The Morgan fingerprint density at radius 3 is 2.80 bits per heavy atom. The first kappa shape index (κ1) is 12.7. The molecule has 0 N–H and O–H groups in total. The van der Waals surface area contributed by atoms with Crippen LogP contribution in [0, 0.1) is 10.5 Å². The maximum atomic E-state index is 11.8. The van der Waals surface area contributed by atoms with Crippen molar-refractivity contribution in [3.63, 3.8) is 0 Å². The third-order valence-electron chi connectivity index (χ3n) is 2.41. The lowest BCUT2D eigenvalue weighted by Gasteiger charge is -2.06. The number of nitrogens with zero attached hydrogens (tertiary/aromatic N) is 2. The van der Waals surface area contributed by atoms with Crippen molar-refractivity contribution in [2.75, 3.05) is 0 Å². The Hall–Kier alpha value is -0.390. The Morgan fingerprint density at radius 2 is 2.13 bits per heavy atom. The average Bonchev–Trinajstić information content (AvgIpc) is 2.24. The number of aryl methyl sites for hydroxylation is 2. The van der Waals surface area contributed by atoms with Crippen LogP contribution in [-0.2, 0) is 6.54 Å². The molecule has 0 fully saturated rings. The van der Waals surface area contributed by atoms with Gasteiger partial charge < -0.3 is 0 Å². The lowest BCUT2D eigenvalue weighted by atomic mass is 10.2. The molecule has 0 bridgehead atoms. The minimum absolute atomic E-state index is 0.0969. The van der Waals surface area contributed by atoms with Gasteiger partial charge in [0.25, 0.3) is 5.56 Å². The number of hydrogen-bond acceptors (Lipinski definition) is 2. The summed E-state index contributed by atoms with van der Waals surface area (Å²) >= 11 is 2.07. The van der Waals surface area contributed by atoms with Crippen LogP contribution in [0.4, 0.5) is 0 Å². The Labute approximate surface area is 104 Å². The van der Waals surface area contributed by atoms with E-state index in [1.807, 2.05) is 6.92 Å². The summed E-state index contributed by atoms with van der Waals surface area (Å²) in [6.45, 7) is 4.84. The molecule has 0 aliphatic rings. The summed E-state index contributed by atoms with van der Waals surface area (Å²) in [6.07, 6.45) is 6.37. The van der Waals surface area contributed by atoms with Crippen LogP contribution in [0.15, 0.2) is 11.1 Å². The zero-order valence-corrected chi connectivity index (χ0v) is 11.5.